The summed E-state index contributed by atoms with van der Waals surface area (Å²) in [4.78, 5) is 24.3. The largest absolute Gasteiger partial charge is 0.453 e. The molecule has 0 spiro atoms. The van der Waals surface area contributed by atoms with E-state index >= 15 is 0 Å². The lowest BCUT2D eigenvalue weighted by atomic mass is 9.95. The average Bonchev–Trinajstić information content (AvgIpc) is 2.40. The van der Waals surface area contributed by atoms with Crippen molar-refractivity contribution in [2.45, 2.75) is 38.8 Å². The molecular weight excluding hydrogens is 194 g/mol. The van der Waals surface area contributed by atoms with Gasteiger partial charge in [-0.2, -0.15) is 0 Å². The SMILES string of the molecule is COC(=O)N1[C@@H](C)C=C[C@@]1(C)CC(C)=O. The fraction of sp³-hybridized carbons (Fsp3) is 0.636. The van der Waals surface area contributed by atoms with Crippen molar-refractivity contribution in [3.8, 4) is 0 Å². The number of amides is 1. The molecule has 0 aromatic rings. The molecule has 0 bridgehead atoms. The van der Waals surface area contributed by atoms with Crippen molar-refractivity contribution >= 4 is 11.9 Å². The quantitative estimate of drug-likeness (QED) is 0.654. The number of carbonyl (C=O) groups is 2. The number of Topliss-reactive ketones (excluding diaryl/α,β-unsaturated/α-hetero) is 1. The molecule has 1 rings (SSSR count). The molecule has 1 amide bonds. The first-order valence-corrected chi connectivity index (χ1v) is 4.97. The standard InChI is InChI=1S/C11H17NO3/c1-8-5-6-11(3,7-9(2)13)12(8)10(14)15-4/h5-6,8H,7H2,1-4H3/t8-,11-/m0/s1. The number of methoxy groups -OCH3 is 1. The van der Waals surface area contributed by atoms with E-state index in [4.69, 9.17) is 4.74 Å². The van der Waals surface area contributed by atoms with Crippen LogP contribution in [0.3, 0.4) is 0 Å². The maximum absolute atomic E-state index is 11.6. The van der Waals surface area contributed by atoms with Crippen molar-refractivity contribution in [3.63, 3.8) is 0 Å². The average molecular weight is 211 g/mol. The van der Waals surface area contributed by atoms with Gasteiger partial charge in [0.15, 0.2) is 0 Å². The molecule has 84 valence electrons. The Morgan fingerprint density at radius 1 is 1.53 bits per heavy atom. The van der Waals surface area contributed by atoms with Crippen LogP contribution >= 0.6 is 0 Å². The number of ketones is 1. The monoisotopic (exact) mass is 211 g/mol. The Morgan fingerprint density at radius 3 is 2.60 bits per heavy atom. The zero-order valence-corrected chi connectivity index (χ0v) is 9.61. The fourth-order valence-corrected chi connectivity index (χ4v) is 2.10. The Hall–Kier alpha value is -1.32. The number of rotatable bonds is 2. The molecule has 0 fully saturated rings. The van der Waals surface area contributed by atoms with Gasteiger partial charge in [0.05, 0.1) is 18.7 Å². The molecule has 0 N–H and O–H groups in total. The van der Waals surface area contributed by atoms with E-state index in [0.717, 1.165) is 0 Å². The Bertz CT molecular complexity index is 311. The number of nitrogens with zero attached hydrogens (tertiary/aromatic N) is 1. The summed E-state index contributed by atoms with van der Waals surface area (Å²) in [5.74, 6) is 0.0603. The van der Waals surface area contributed by atoms with E-state index in [1.807, 2.05) is 26.0 Å². The maximum Gasteiger partial charge on any atom is 0.410 e. The lowest BCUT2D eigenvalue weighted by Gasteiger charge is -2.35. The number of ether oxygens (including phenoxy) is 1. The highest BCUT2D eigenvalue weighted by molar-refractivity contribution is 5.79. The van der Waals surface area contributed by atoms with E-state index < -0.39 is 11.6 Å². The highest BCUT2D eigenvalue weighted by Gasteiger charge is 2.41. The van der Waals surface area contributed by atoms with E-state index in [-0.39, 0.29) is 11.8 Å². The van der Waals surface area contributed by atoms with Crippen LogP contribution in [0.1, 0.15) is 27.2 Å². The molecule has 0 aliphatic carbocycles. The van der Waals surface area contributed by atoms with Crippen LogP contribution in [0, 0.1) is 0 Å². The van der Waals surface area contributed by atoms with Gasteiger partial charge in [-0.1, -0.05) is 12.2 Å². The van der Waals surface area contributed by atoms with Gasteiger partial charge in [0, 0.05) is 6.42 Å². The lowest BCUT2D eigenvalue weighted by molar-refractivity contribution is -0.118. The van der Waals surface area contributed by atoms with E-state index in [0.29, 0.717) is 6.42 Å². The summed E-state index contributed by atoms with van der Waals surface area (Å²) in [5.41, 5.74) is -0.543. The summed E-state index contributed by atoms with van der Waals surface area (Å²) < 4.78 is 4.72. The summed E-state index contributed by atoms with van der Waals surface area (Å²) in [6.45, 7) is 5.29. The van der Waals surface area contributed by atoms with E-state index in [9.17, 15) is 9.59 Å². The second-order valence-electron chi connectivity index (χ2n) is 4.18. The molecule has 1 aliphatic heterocycles. The number of hydrogen-bond donors (Lipinski definition) is 0. The van der Waals surface area contributed by atoms with Crippen LogP contribution in [0.4, 0.5) is 4.79 Å². The molecule has 4 nitrogen and oxygen atoms in total. The van der Waals surface area contributed by atoms with Crippen molar-refractivity contribution in [1.82, 2.24) is 4.90 Å². The second kappa shape index (κ2) is 4.04. The van der Waals surface area contributed by atoms with Crippen LogP contribution in [-0.2, 0) is 9.53 Å². The Balaban J connectivity index is 2.92. The summed E-state index contributed by atoms with van der Waals surface area (Å²) >= 11 is 0. The third-order valence-electron chi connectivity index (χ3n) is 2.67. The van der Waals surface area contributed by atoms with Crippen molar-refractivity contribution in [1.29, 1.82) is 0 Å². The highest BCUT2D eigenvalue weighted by Crippen LogP contribution is 2.31. The molecular formula is C11H17NO3. The Morgan fingerprint density at radius 2 is 2.13 bits per heavy atom. The van der Waals surface area contributed by atoms with Gasteiger partial charge in [-0.05, 0) is 20.8 Å². The van der Waals surface area contributed by atoms with Gasteiger partial charge in [0.1, 0.15) is 5.78 Å². The molecule has 2 atom stereocenters. The van der Waals surface area contributed by atoms with Crippen LogP contribution < -0.4 is 0 Å². The third kappa shape index (κ3) is 2.19. The van der Waals surface area contributed by atoms with E-state index in [2.05, 4.69) is 0 Å². The zero-order valence-electron chi connectivity index (χ0n) is 9.61. The predicted octanol–water partition coefficient (Wildman–Crippen LogP) is 1.75. The minimum Gasteiger partial charge on any atom is -0.453 e. The molecule has 0 radical (unpaired) electrons. The van der Waals surface area contributed by atoms with Crippen LogP contribution in [0.15, 0.2) is 12.2 Å². The van der Waals surface area contributed by atoms with Gasteiger partial charge in [-0.25, -0.2) is 4.79 Å². The van der Waals surface area contributed by atoms with Gasteiger partial charge in [0.25, 0.3) is 0 Å². The Labute approximate surface area is 89.9 Å². The normalized spacial score (nSPS) is 29.3. The molecule has 1 heterocycles. The second-order valence-corrected chi connectivity index (χ2v) is 4.18. The summed E-state index contributed by atoms with van der Waals surface area (Å²) in [5, 5.41) is 0. The smallest absolute Gasteiger partial charge is 0.410 e. The molecule has 0 aromatic carbocycles. The van der Waals surface area contributed by atoms with Gasteiger partial charge in [0.2, 0.25) is 0 Å². The predicted molar refractivity (Wildman–Crippen MR) is 56.5 cm³/mol. The van der Waals surface area contributed by atoms with Gasteiger partial charge < -0.3 is 4.74 Å². The van der Waals surface area contributed by atoms with Gasteiger partial charge >= 0.3 is 6.09 Å². The van der Waals surface area contributed by atoms with Crippen LogP contribution in [0.25, 0.3) is 0 Å². The summed E-state index contributed by atoms with van der Waals surface area (Å²) in [6, 6.07) is -0.0261. The van der Waals surface area contributed by atoms with Crippen molar-refractivity contribution in [3.05, 3.63) is 12.2 Å². The minimum absolute atomic E-state index is 0.0261. The molecule has 15 heavy (non-hydrogen) atoms. The van der Waals surface area contributed by atoms with Crippen LogP contribution in [0.2, 0.25) is 0 Å². The first kappa shape index (κ1) is 11.8. The Kier molecular flexibility index (Phi) is 3.17. The number of carbonyl (C=O) groups excluding carboxylic acids is 2. The van der Waals surface area contributed by atoms with Crippen LogP contribution in [-0.4, -0.2) is 35.5 Å². The fourth-order valence-electron chi connectivity index (χ4n) is 2.10. The van der Waals surface area contributed by atoms with E-state index in [1.54, 1.807) is 4.90 Å². The molecule has 1 aliphatic rings. The first-order chi connectivity index (χ1) is 6.90. The molecule has 0 saturated heterocycles. The van der Waals surface area contributed by atoms with Crippen molar-refractivity contribution in [2.75, 3.05) is 7.11 Å². The summed E-state index contributed by atoms with van der Waals surface area (Å²) in [7, 11) is 1.35. The lowest BCUT2D eigenvalue weighted by Crippen LogP contribution is -2.49. The van der Waals surface area contributed by atoms with Gasteiger partial charge in [-0.15, -0.1) is 0 Å². The zero-order chi connectivity index (χ0) is 11.6. The van der Waals surface area contributed by atoms with Crippen LogP contribution in [0.5, 0.6) is 0 Å². The molecule has 0 unspecified atom stereocenters. The minimum atomic E-state index is -0.543. The maximum atomic E-state index is 11.6. The molecule has 0 saturated carbocycles. The van der Waals surface area contributed by atoms with Crippen molar-refractivity contribution < 1.29 is 14.3 Å². The third-order valence-corrected chi connectivity index (χ3v) is 2.67. The highest BCUT2D eigenvalue weighted by atomic mass is 16.5. The molecule has 4 heteroatoms. The molecule has 0 aromatic heterocycles. The van der Waals surface area contributed by atoms with Gasteiger partial charge in [-0.3, -0.25) is 9.69 Å². The summed E-state index contributed by atoms with van der Waals surface area (Å²) in [6.07, 6.45) is 3.75. The van der Waals surface area contributed by atoms with E-state index in [1.165, 1.54) is 14.0 Å². The number of hydrogen-bond acceptors (Lipinski definition) is 3. The van der Waals surface area contributed by atoms with Crippen molar-refractivity contribution in [2.24, 2.45) is 0 Å². The first-order valence-electron chi connectivity index (χ1n) is 4.97. The topological polar surface area (TPSA) is 46.6 Å².